The summed E-state index contributed by atoms with van der Waals surface area (Å²) in [6, 6.07) is 9.43. The van der Waals surface area contributed by atoms with Gasteiger partial charge in [-0.25, -0.2) is 9.50 Å². The number of anilines is 1. The van der Waals surface area contributed by atoms with Crippen LogP contribution in [0, 0.1) is 10.6 Å². The molecular formula is C14H11Cl2IN4. The van der Waals surface area contributed by atoms with Crippen LogP contribution in [0.25, 0.3) is 5.65 Å². The second kappa shape index (κ2) is 5.98. The molecule has 3 aromatic rings. The molecule has 0 amide bonds. The fourth-order valence-corrected chi connectivity index (χ4v) is 2.75. The summed E-state index contributed by atoms with van der Waals surface area (Å²) >= 11 is 14.2. The van der Waals surface area contributed by atoms with Crippen molar-refractivity contribution in [2.45, 2.75) is 13.5 Å². The molecule has 0 saturated heterocycles. The summed E-state index contributed by atoms with van der Waals surface area (Å²) in [6.45, 7) is 2.60. The van der Waals surface area contributed by atoms with Crippen molar-refractivity contribution in [1.29, 1.82) is 0 Å². The number of aryl methyl sites for hydroxylation is 1. The number of rotatable bonds is 3. The first-order valence-electron chi connectivity index (χ1n) is 6.24. The molecular weight excluding hydrogens is 422 g/mol. The number of benzene rings is 1. The van der Waals surface area contributed by atoms with Gasteiger partial charge in [0.15, 0.2) is 5.65 Å². The summed E-state index contributed by atoms with van der Waals surface area (Å²) in [7, 11) is 0. The molecule has 0 aliphatic carbocycles. The van der Waals surface area contributed by atoms with Crippen molar-refractivity contribution in [2.24, 2.45) is 0 Å². The number of hydrogen-bond acceptors (Lipinski definition) is 3. The van der Waals surface area contributed by atoms with Gasteiger partial charge in [-0.1, -0.05) is 29.3 Å². The third-order valence-electron chi connectivity index (χ3n) is 3.04. The van der Waals surface area contributed by atoms with Crippen molar-refractivity contribution in [1.82, 2.24) is 14.6 Å². The molecule has 0 bridgehead atoms. The molecule has 0 spiro atoms. The van der Waals surface area contributed by atoms with Gasteiger partial charge in [0.25, 0.3) is 0 Å². The molecule has 2 aromatic heterocycles. The predicted molar refractivity (Wildman–Crippen MR) is 94.2 cm³/mol. The molecule has 4 nitrogen and oxygen atoms in total. The van der Waals surface area contributed by atoms with Gasteiger partial charge in [0.2, 0.25) is 0 Å². The van der Waals surface area contributed by atoms with Crippen LogP contribution in [0.15, 0.2) is 30.3 Å². The molecule has 0 aliphatic heterocycles. The molecule has 0 radical (unpaired) electrons. The minimum Gasteiger partial charge on any atom is -0.365 e. The van der Waals surface area contributed by atoms with E-state index in [1.165, 1.54) is 0 Å². The van der Waals surface area contributed by atoms with Crippen LogP contribution in [0.1, 0.15) is 11.3 Å². The van der Waals surface area contributed by atoms with Crippen molar-refractivity contribution >= 4 is 57.3 Å². The Morgan fingerprint density at radius 1 is 1.19 bits per heavy atom. The first-order valence-corrected chi connectivity index (χ1v) is 8.08. The third kappa shape index (κ3) is 3.09. The SMILES string of the molecule is Cc1nc2ccc(NCc3ccc(Cl)c(Cl)c3)nn2c1I. The average molecular weight is 433 g/mol. The van der Waals surface area contributed by atoms with Gasteiger partial charge in [-0.3, -0.25) is 0 Å². The Hall–Kier alpha value is -1.05. The van der Waals surface area contributed by atoms with E-state index in [-0.39, 0.29) is 0 Å². The van der Waals surface area contributed by atoms with Gasteiger partial charge < -0.3 is 5.32 Å². The Bertz CT molecular complexity index is 816. The van der Waals surface area contributed by atoms with E-state index >= 15 is 0 Å². The molecule has 1 aromatic carbocycles. The summed E-state index contributed by atoms with van der Waals surface area (Å²) in [6.07, 6.45) is 0. The highest BCUT2D eigenvalue weighted by molar-refractivity contribution is 14.1. The smallest absolute Gasteiger partial charge is 0.155 e. The maximum atomic E-state index is 6.01. The molecule has 108 valence electrons. The minimum absolute atomic E-state index is 0.555. The summed E-state index contributed by atoms with van der Waals surface area (Å²) in [5, 5.41) is 8.91. The lowest BCUT2D eigenvalue weighted by Gasteiger charge is -2.07. The Labute approximate surface area is 145 Å². The topological polar surface area (TPSA) is 42.2 Å². The maximum Gasteiger partial charge on any atom is 0.155 e. The van der Waals surface area contributed by atoms with Gasteiger partial charge in [0.05, 0.1) is 15.7 Å². The number of nitrogens with one attached hydrogen (secondary N) is 1. The molecule has 21 heavy (non-hydrogen) atoms. The van der Waals surface area contributed by atoms with Crippen LogP contribution >= 0.6 is 45.8 Å². The van der Waals surface area contributed by atoms with Gasteiger partial charge in [-0.05, 0) is 59.3 Å². The number of aromatic nitrogens is 3. The summed E-state index contributed by atoms with van der Waals surface area (Å²) in [4.78, 5) is 4.43. The highest BCUT2D eigenvalue weighted by Gasteiger charge is 2.07. The summed E-state index contributed by atoms with van der Waals surface area (Å²) < 4.78 is 2.84. The fourth-order valence-electron chi connectivity index (χ4n) is 1.95. The van der Waals surface area contributed by atoms with Gasteiger partial charge in [-0.2, -0.15) is 0 Å². The van der Waals surface area contributed by atoms with Crippen LogP contribution < -0.4 is 5.32 Å². The van der Waals surface area contributed by atoms with Crippen LogP contribution in [-0.2, 0) is 6.54 Å². The van der Waals surface area contributed by atoms with E-state index in [2.05, 4.69) is 38.0 Å². The molecule has 0 fully saturated rings. The average Bonchev–Trinajstić information content (AvgIpc) is 2.75. The molecule has 0 aliphatic rings. The number of nitrogens with zero attached hydrogens (tertiary/aromatic N) is 3. The van der Waals surface area contributed by atoms with Gasteiger partial charge >= 0.3 is 0 Å². The van der Waals surface area contributed by atoms with E-state index in [0.29, 0.717) is 16.6 Å². The fraction of sp³-hybridized carbons (Fsp3) is 0.143. The first kappa shape index (κ1) is 14.9. The van der Waals surface area contributed by atoms with Gasteiger partial charge in [-0.15, -0.1) is 5.10 Å². The standard InChI is InChI=1S/C14H11Cl2IN4/c1-8-14(17)21-13(19-8)5-4-12(20-21)18-7-9-2-3-10(15)11(16)6-9/h2-6H,7H2,1H3,(H,18,20). The zero-order valence-corrected chi connectivity index (χ0v) is 14.7. The lowest BCUT2D eigenvalue weighted by atomic mass is 10.2. The van der Waals surface area contributed by atoms with Crippen molar-refractivity contribution in [3.63, 3.8) is 0 Å². The number of halogens is 3. The van der Waals surface area contributed by atoms with E-state index < -0.39 is 0 Å². The van der Waals surface area contributed by atoms with Crippen LogP contribution in [-0.4, -0.2) is 14.6 Å². The van der Waals surface area contributed by atoms with E-state index in [1.807, 2.05) is 35.7 Å². The molecule has 0 atom stereocenters. The second-order valence-electron chi connectivity index (χ2n) is 4.58. The molecule has 7 heteroatoms. The van der Waals surface area contributed by atoms with Crippen LogP contribution in [0.3, 0.4) is 0 Å². The van der Waals surface area contributed by atoms with E-state index in [1.54, 1.807) is 6.07 Å². The van der Waals surface area contributed by atoms with Crippen molar-refractivity contribution in [2.75, 3.05) is 5.32 Å². The highest BCUT2D eigenvalue weighted by atomic mass is 127. The van der Waals surface area contributed by atoms with Crippen LogP contribution in [0.5, 0.6) is 0 Å². The Morgan fingerprint density at radius 2 is 2.00 bits per heavy atom. The third-order valence-corrected chi connectivity index (χ3v) is 5.02. The van der Waals surface area contributed by atoms with E-state index in [0.717, 1.165) is 26.4 Å². The lowest BCUT2D eigenvalue weighted by Crippen LogP contribution is -2.04. The molecule has 3 rings (SSSR count). The Morgan fingerprint density at radius 3 is 2.76 bits per heavy atom. The Balaban J connectivity index is 1.81. The molecule has 0 saturated carbocycles. The van der Waals surface area contributed by atoms with Crippen molar-refractivity contribution < 1.29 is 0 Å². The summed E-state index contributed by atoms with van der Waals surface area (Å²) in [5.41, 5.74) is 2.87. The normalized spacial score (nSPS) is 11.0. The van der Waals surface area contributed by atoms with E-state index in [4.69, 9.17) is 23.2 Å². The van der Waals surface area contributed by atoms with Crippen LogP contribution in [0.4, 0.5) is 5.82 Å². The minimum atomic E-state index is 0.555. The van der Waals surface area contributed by atoms with Crippen LogP contribution in [0.2, 0.25) is 10.0 Å². The van der Waals surface area contributed by atoms with Crippen molar-refractivity contribution in [3.05, 3.63) is 55.3 Å². The predicted octanol–water partition coefficient (Wildman–Crippen LogP) is 4.56. The van der Waals surface area contributed by atoms with Gasteiger partial charge in [0.1, 0.15) is 9.52 Å². The molecule has 2 heterocycles. The van der Waals surface area contributed by atoms with Crippen molar-refractivity contribution in [3.8, 4) is 0 Å². The molecule has 0 unspecified atom stereocenters. The largest absolute Gasteiger partial charge is 0.365 e. The number of hydrogen-bond donors (Lipinski definition) is 1. The highest BCUT2D eigenvalue weighted by Crippen LogP contribution is 2.23. The van der Waals surface area contributed by atoms with Gasteiger partial charge in [0, 0.05) is 6.54 Å². The summed E-state index contributed by atoms with van der Waals surface area (Å²) in [5.74, 6) is 0.781. The number of fused-ring (bicyclic) bond motifs is 1. The quantitative estimate of drug-likeness (QED) is 0.617. The second-order valence-corrected chi connectivity index (χ2v) is 6.41. The monoisotopic (exact) mass is 432 g/mol. The van der Waals surface area contributed by atoms with E-state index in [9.17, 15) is 0 Å². The maximum absolute atomic E-state index is 6.01. The number of imidazole rings is 1. The molecule has 1 N–H and O–H groups in total. The Kier molecular flexibility index (Phi) is 4.24. The zero-order chi connectivity index (χ0) is 15.0. The lowest BCUT2D eigenvalue weighted by molar-refractivity contribution is 0.903. The zero-order valence-electron chi connectivity index (χ0n) is 11.1. The first-order chi connectivity index (χ1) is 10.0.